The zero-order valence-electron chi connectivity index (χ0n) is 17.0. The maximum Gasteiger partial charge on any atom is 0.269 e. The van der Waals surface area contributed by atoms with E-state index in [9.17, 15) is 0 Å². The molecule has 0 aliphatic carbocycles. The quantitative estimate of drug-likeness (QED) is 0.525. The lowest BCUT2D eigenvalue weighted by molar-refractivity contribution is 0.295. The van der Waals surface area contributed by atoms with Crippen LogP contribution in [0.5, 0.6) is 5.75 Å². The lowest BCUT2D eigenvalue weighted by atomic mass is 9.76. The van der Waals surface area contributed by atoms with E-state index in [0.29, 0.717) is 23.7 Å². The Morgan fingerprint density at radius 2 is 2.10 bits per heavy atom. The van der Waals surface area contributed by atoms with Gasteiger partial charge in [0.15, 0.2) is 0 Å². The summed E-state index contributed by atoms with van der Waals surface area (Å²) >= 11 is 0. The molecule has 0 amide bonds. The Morgan fingerprint density at radius 3 is 2.86 bits per heavy atom. The first-order chi connectivity index (χ1) is 13.9. The summed E-state index contributed by atoms with van der Waals surface area (Å²) in [5, 5.41) is 9.15. The highest BCUT2D eigenvalue weighted by Gasteiger charge is 2.35. The molecule has 3 aliphatic heterocycles. The van der Waals surface area contributed by atoms with Crippen molar-refractivity contribution >= 4 is 11.8 Å². The molecule has 0 spiro atoms. The highest BCUT2D eigenvalue weighted by molar-refractivity contribution is 5.73. The number of nitriles is 1. The Labute approximate surface area is 171 Å². The minimum Gasteiger partial charge on any atom is -0.490 e. The molecule has 4 rings (SSSR count). The van der Waals surface area contributed by atoms with Gasteiger partial charge in [0, 0.05) is 6.54 Å². The summed E-state index contributed by atoms with van der Waals surface area (Å²) in [6.45, 7) is 16.3. The number of hydrogen-bond donors (Lipinski definition) is 0. The van der Waals surface area contributed by atoms with E-state index in [1.807, 2.05) is 25.1 Å². The third kappa shape index (κ3) is 3.52. The molecule has 0 radical (unpaired) electrons. The van der Waals surface area contributed by atoms with Crippen LogP contribution < -0.4 is 9.64 Å². The molecular weight excluding hydrogens is 362 g/mol. The van der Waals surface area contributed by atoms with Gasteiger partial charge in [-0.2, -0.15) is 0 Å². The second kappa shape index (κ2) is 7.18. The van der Waals surface area contributed by atoms with E-state index in [2.05, 4.69) is 35.7 Å². The Hall–Kier alpha value is -3.44. The van der Waals surface area contributed by atoms with Crippen molar-refractivity contribution in [2.75, 3.05) is 24.6 Å². The smallest absolute Gasteiger partial charge is 0.269 e. The fourth-order valence-corrected chi connectivity index (χ4v) is 4.04. The van der Waals surface area contributed by atoms with E-state index < -0.39 is 0 Å². The predicted molar refractivity (Wildman–Crippen MR) is 113 cm³/mol. The molecule has 5 heteroatoms. The monoisotopic (exact) mass is 385 g/mol. The third-order valence-electron chi connectivity index (χ3n) is 5.63. The SMILES string of the molecule is [C-]#[N+]C(C#N)=C1C=C(C)OC(C=Cc2cc3c4c(c2)C(C)(C)CCN4CCO3)=C1. The van der Waals surface area contributed by atoms with Gasteiger partial charge in [0.2, 0.25) is 0 Å². The summed E-state index contributed by atoms with van der Waals surface area (Å²) in [6, 6.07) is 6.25. The van der Waals surface area contributed by atoms with E-state index in [1.54, 1.807) is 12.2 Å². The normalized spacial score (nSPS) is 21.1. The van der Waals surface area contributed by atoms with Crippen LogP contribution in [0.3, 0.4) is 0 Å². The second-order valence-corrected chi connectivity index (χ2v) is 8.15. The Balaban J connectivity index is 1.71. The minimum absolute atomic E-state index is 0.0620. The molecular formula is C24H23N3O2. The number of anilines is 1. The first-order valence-electron chi connectivity index (χ1n) is 9.75. The van der Waals surface area contributed by atoms with E-state index in [1.165, 1.54) is 11.3 Å². The van der Waals surface area contributed by atoms with Gasteiger partial charge in [0.25, 0.3) is 5.70 Å². The van der Waals surface area contributed by atoms with E-state index in [-0.39, 0.29) is 11.1 Å². The first-order valence-corrected chi connectivity index (χ1v) is 9.75. The average molecular weight is 385 g/mol. The van der Waals surface area contributed by atoms with Crippen LogP contribution in [0.15, 0.2) is 53.1 Å². The van der Waals surface area contributed by atoms with Gasteiger partial charge in [0.05, 0.1) is 24.9 Å². The first kappa shape index (κ1) is 18.9. The summed E-state index contributed by atoms with van der Waals surface area (Å²) in [6.07, 6.45) is 8.43. The minimum atomic E-state index is 0.0620. The van der Waals surface area contributed by atoms with Crippen molar-refractivity contribution in [2.45, 2.75) is 32.6 Å². The Morgan fingerprint density at radius 1 is 1.28 bits per heavy atom. The van der Waals surface area contributed by atoms with Gasteiger partial charge in [-0.15, -0.1) is 0 Å². The van der Waals surface area contributed by atoms with Crippen molar-refractivity contribution in [1.29, 1.82) is 5.26 Å². The van der Waals surface area contributed by atoms with Crippen molar-refractivity contribution in [1.82, 2.24) is 0 Å². The van der Waals surface area contributed by atoms with Crippen LogP contribution in [0.2, 0.25) is 0 Å². The second-order valence-electron chi connectivity index (χ2n) is 8.15. The zero-order valence-corrected chi connectivity index (χ0v) is 17.0. The number of nitrogens with zero attached hydrogens (tertiary/aromatic N) is 3. The largest absolute Gasteiger partial charge is 0.490 e. The van der Waals surface area contributed by atoms with Gasteiger partial charge in [-0.3, -0.25) is 0 Å². The van der Waals surface area contributed by atoms with Crippen LogP contribution >= 0.6 is 0 Å². The number of allylic oxidation sites excluding steroid dienone is 6. The zero-order chi connectivity index (χ0) is 20.6. The topological polar surface area (TPSA) is 49.8 Å². The third-order valence-corrected chi connectivity index (χ3v) is 5.63. The molecule has 0 fully saturated rings. The van der Waals surface area contributed by atoms with Gasteiger partial charge in [-0.05, 0) is 65.8 Å². The van der Waals surface area contributed by atoms with Crippen LogP contribution in [-0.2, 0) is 10.2 Å². The summed E-state index contributed by atoms with van der Waals surface area (Å²) in [7, 11) is 0. The van der Waals surface area contributed by atoms with Crippen LogP contribution in [0, 0.1) is 17.9 Å². The molecule has 0 saturated carbocycles. The Bertz CT molecular complexity index is 1060. The number of ether oxygens (including phenoxy) is 2. The summed E-state index contributed by atoms with van der Waals surface area (Å²) < 4.78 is 11.7. The van der Waals surface area contributed by atoms with Crippen molar-refractivity contribution < 1.29 is 9.47 Å². The average Bonchev–Trinajstić information content (AvgIpc) is 2.70. The van der Waals surface area contributed by atoms with E-state index >= 15 is 0 Å². The molecule has 0 aromatic heterocycles. The maximum absolute atomic E-state index is 9.15. The fourth-order valence-electron chi connectivity index (χ4n) is 4.04. The molecule has 0 bridgehead atoms. The van der Waals surface area contributed by atoms with Crippen LogP contribution in [0.25, 0.3) is 10.9 Å². The molecule has 0 N–H and O–H groups in total. The molecule has 29 heavy (non-hydrogen) atoms. The molecule has 3 aliphatic rings. The summed E-state index contributed by atoms with van der Waals surface area (Å²) in [5.41, 5.74) is 4.33. The van der Waals surface area contributed by atoms with E-state index in [0.717, 1.165) is 30.8 Å². The van der Waals surface area contributed by atoms with Crippen LogP contribution in [0.1, 0.15) is 38.3 Å². The molecule has 146 valence electrons. The number of benzene rings is 1. The molecule has 1 aromatic rings. The molecule has 0 atom stereocenters. The molecule has 5 nitrogen and oxygen atoms in total. The highest BCUT2D eigenvalue weighted by atomic mass is 16.5. The van der Waals surface area contributed by atoms with Crippen molar-refractivity contribution in [3.63, 3.8) is 0 Å². The summed E-state index contributed by atoms with van der Waals surface area (Å²) in [5.74, 6) is 2.19. The van der Waals surface area contributed by atoms with Crippen LogP contribution in [-0.4, -0.2) is 19.7 Å². The van der Waals surface area contributed by atoms with Crippen molar-refractivity contribution in [3.8, 4) is 11.8 Å². The standard InChI is InChI=1S/C24H23N3O2/c1-16-11-18(21(15-25)26-4)14-19(29-16)6-5-17-12-20-23-22(13-17)28-10-9-27(23)8-7-24(20,2)3/h5-6,11-14H,7-10H2,1-3H3. The van der Waals surface area contributed by atoms with Crippen molar-refractivity contribution in [3.05, 3.63) is 75.7 Å². The van der Waals surface area contributed by atoms with Gasteiger partial charge in [-0.25, -0.2) is 10.1 Å². The number of rotatable bonds is 2. The predicted octanol–water partition coefficient (Wildman–Crippen LogP) is 5.09. The molecule has 0 saturated heterocycles. The lowest BCUT2D eigenvalue weighted by Gasteiger charge is -2.43. The molecule has 3 heterocycles. The van der Waals surface area contributed by atoms with Gasteiger partial charge >= 0.3 is 0 Å². The Kier molecular flexibility index (Phi) is 4.68. The molecule has 0 unspecified atom stereocenters. The van der Waals surface area contributed by atoms with Crippen molar-refractivity contribution in [2.24, 2.45) is 0 Å². The van der Waals surface area contributed by atoms with Crippen LogP contribution in [0.4, 0.5) is 5.69 Å². The van der Waals surface area contributed by atoms with Gasteiger partial charge in [0.1, 0.15) is 23.9 Å². The highest BCUT2D eigenvalue weighted by Crippen LogP contribution is 2.47. The van der Waals surface area contributed by atoms with Gasteiger partial charge < -0.3 is 14.4 Å². The lowest BCUT2D eigenvalue weighted by Crippen LogP contribution is -2.42. The molecule has 1 aromatic carbocycles. The van der Waals surface area contributed by atoms with E-state index in [4.69, 9.17) is 21.3 Å². The number of hydrogen-bond acceptors (Lipinski definition) is 4. The van der Waals surface area contributed by atoms with Gasteiger partial charge in [-0.1, -0.05) is 19.9 Å². The maximum atomic E-state index is 9.15. The summed E-state index contributed by atoms with van der Waals surface area (Å²) in [4.78, 5) is 5.73. The fraction of sp³-hybridized carbons (Fsp3) is 0.333.